The minimum atomic E-state index is -3.60. The highest BCUT2D eigenvalue weighted by atomic mass is 32.2. The molecule has 0 atom stereocenters. The van der Waals surface area contributed by atoms with Crippen LogP contribution in [0, 0.1) is 0 Å². The van der Waals surface area contributed by atoms with E-state index in [-0.39, 0.29) is 31.0 Å². The monoisotopic (exact) mass is 610 g/mol. The fourth-order valence-electron chi connectivity index (χ4n) is 4.90. The fourth-order valence-corrected chi connectivity index (χ4v) is 6.18. The molecule has 0 radical (unpaired) electrons. The SMILES string of the molecule is CCOC(=O)CN1CCC(C(=O)Nc2ccc(-c3cncc(OCC)n3)cn2)(c2ccnc(NS(=O)(=O)C3CC3)n2)CC1. The summed E-state index contributed by atoms with van der Waals surface area (Å²) >= 11 is 0. The van der Waals surface area contributed by atoms with E-state index in [4.69, 9.17) is 9.47 Å². The summed E-state index contributed by atoms with van der Waals surface area (Å²) < 4.78 is 38.1. The Morgan fingerprint density at radius 1 is 1.02 bits per heavy atom. The highest BCUT2D eigenvalue weighted by molar-refractivity contribution is 7.93. The molecule has 4 heterocycles. The summed E-state index contributed by atoms with van der Waals surface area (Å²) in [6, 6.07) is 5.06. The predicted octanol–water partition coefficient (Wildman–Crippen LogP) is 2.17. The molecule has 2 N–H and O–H groups in total. The van der Waals surface area contributed by atoms with Crippen LogP contribution in [-0.2, 0) is 29.8 Å². The molecule has 5 rings (SSSR count). The molecule has 228 valence electrons. The van der Waals surface area contributed by atoms with Crippen molar-refractivity contribution >= 4 is 33.7 Å². The lowest BCUT2D eigenvalue weighted by atomic mass is 9.74. The van der Waals surface area contributed by atoms with Crippen molar-refractivity contribution in [2.75, 3.05) is 42.9 Å². The zero-order valence-corrected chi connectivity index (χ0v) is 24.8. The molecular weight excluding hydrogens is 576 g/mol. The Bertz CT molecular complexity index is 1560. The van der Waals surface area contributed by atoms with Crippen LogP contribution in [0.3, 0.4) is 0 Å². The Morgan fingerprint density at radius 3 is 2.49 bits per heavy atom. The van der Waals surface area contributed by atoms with E-state index < -0.39 is 20.7 Å². The van der Waals surface area contributed by atoms with Gasteiger partial charge in [0.1, 0.15) is 5.82 Å². The van der Waals surface area contributed by atoms with Crippen LogP contribution in [0.5, 0.6) is 5.88 Å². The number of ether oxygens (including phenoxy) is 2. The highest BCUT2D eigenvalue weighted by Gasteiger charge is 2.45. The van der Waals surface area contributed by atoms with Crippen LogP contribution in [0.2, 0.25) is 0 Å². The third-order valence-electron chi connectivity index (χ3n) is 7.35. The lowest BCUT2D eigenvalue weighted by Gasteiger charge is -2.39. The number of amides is 1. The van der Waals surface area contributed by atoms with Gasteiger partial charge in [-0.25, -0.2) is 28.4 Å². The molecule has 0 bridgehead atoms. The van der Waals surface area contributed by atoms with Gasteiger partial charge in [0.15, 0.2) is 0 Å². The van der Waals surface area contributed by atoms with Gasteiger partial charge in [0.05, 0.1) is 54.2 Å². The molecular formula is C28H34N8O6S. The van der Waals surface area contributed by atoms with Crippen molar-refractivity contribution in [3.8, 4) is 17.1 Å². The summed E-state index contributed by atoms with van der Waals surface area (Å²) in [7, 11) is -3.60. The average Bonchev–Trinajstić information content (AvgIpc) is 3.85. The number of nitrogens with zero attached hydrogens (tertiary/aromatic N) is 6. The van der Waals surface area contributed by atoms with E-state index in [0.29, 0.717) is 74.0 Å². The van der Waals surface area contributed by atoms with E-state index >= 15 is 0 Å². The number of rotatable bonds is 12. The Labute approximate surface area is 249 Å². The van der Waals surface area contributed by atoms with Gasteiger partial charge >= 0.3 is 5.97 Å². The number of piperidine rings is 1. The molecule has 0 unspecified atom stereocenters. The smallest absolute Gasteiger partial charge is 0.320 e. The number of sulfonamides is 1. The number of likely N-dealkylation sites (tertiary alicyclic amines) is 1. The lowest BCUT2D eigenvalue weighted by Crippen LogP contribution is -2.51. The second-order valence-electron chi connectivity index (χ2n) is 10.3. The van der Waals surface area contributed by atoms with E-state index in [1.54, 1.807) is 37.5 Å². The topological polar surface area (TPSA) is 178 Å². The van der Waals surface area contributed by atoms with Crippen LogP contribution >= 0.6 is 0 Å². The maximum absolute atomic E-state index is 14.0. The molecule has 15 heteroatoms. The molecule has 14 nitrogen and oxygen atoms in total. The second-order valence-corrected chi connectivity index (χ2v) is 12.3. The van der Waals surface area contributed by atoms with Gasteiger partial charge in [-0.3, -0.25) is 24.2 Å². The van der Waals surface area contributed by atoms with E-state index in [1.807, 2.05) is 11.8 Å². The maximum atomic E-state index is 14.0. The quantitative estimate of drug-likeness (QED) is 0.286. The van der Waals surface area contributed by atoms with Crippen molar-refractivity contribution in [1.82, 2.24) is 29.8 Å². The molecule has 0 spiro atoms. The average molecular weight is 611 g/mol. The number of aromatic nitrogens is 5. The van der Waals surface area contributed by atoms with Crippen molar-refractivity contribution in [3.63, 3.8) is 0 Å². The van der Waals surface area contributed by atoms with Crippen molar-refractivity contribution in [1.29, 1.82) is 0 Å². The summed E-state index contributed by atoms with van der Waals surface area (Å²) in [6.45, 7) is 5.30. The molecule has 1 amide bonds. The normalized spacial score (nSPS) is 16.7. The van der Waals surface area contributed by atoms with Crippen LogP contribution in [0.25, 0.3) is 11.3 Å². The van der Waals surface area contributed by atoms with E-state index in [0.717, 1.165) is 0 Å². The van der Waals surface area contributed by atoms with Crippen LogP contribution in [0.1, 0.15) is 45.2 Å². The van der Waals surface area contributed by atoms with Crippen LogP contribution < -0.4 is 14.8 Å². The minimum absolute atomic E-state index is 0.0802. The molecule has 43 heavy (non-hydrogen) atoms. The van der Waals surface area contributed by atoms with Gasteiger partial charge < -0.3 is 14.8 Å². The first kappa shape index (κ1) is 30.2. The predicted molar refractivity (Wildman–Crippen MR) is 157 cm³/mol. The summed E-state index contributed by atoms with van der Waals surface area (Å²) in [4.78, 5) is 49.6. The molecule has 2 fully saturated rings. The number of hydrogen-bond acceptors (Lipinski definition) is 12. The largest absolute Gasteiger partial charge is 0.477 e. The van der Waals surface area contributed by atoms with Gasteiger partial charge in [-0.2, -0.15) is 0 Å². The van der Waals surface area contributed by atoms with Gasteiger partial charge in [-0.15, -0.1) is 0 Å². The van der Waals surface area contributed by atoms with Crippen molar-refractivity contribution in [2.45, 2.75) is 50.2 Å². The van der Waals surface area contributed by atoms with Crippen LogP contribution in [0.4, 0.5) is 11.8 Å². The Hall–Kier alpha value is -4.24. The first-order chi connectivity index (χ1) is 20.7. The molecule has 3 aromatic rings. The maximum Gasteiger partial charge on any atom is 0.320 e. The summed E-state index contributed by atoms with van der Waals surface area (Å²) in [6.07, 6.45) is 7.98. The zero-order valence-electron chi connectivity index (χ0n) is 24.0. The molecule has 3 aromatic heterocycles. The van der Waals surface area contributed by atoms with Crippen molar-refractivity contribution < 1.29 is 27.5 Å². The van der Waals surface area contributed by atoms with Crippen LogP contribution in [-0.4, -0.2) is 88.2 Å². The number of carbonyl (C=O) groups excluding carboxylic acids is 2. The third kappa shape index (κ3) is 7.22. The zero-order chi connectivity index (χ0) is 30.5. The number of pyridine rings is 1. The first-order valence-electron chi connectivity index (χ1n) is 14.2. The molecule has 1 aliphatic heterocycles. The minimum Gasteiger partial charge on any atom is -0.477 e. The second kappa shape index (κ2) is 13.0. The lowest BCUT2D eigenvalue weighted by molar-refractivity contribution is -0.144. The summed E-state index contributed by atoms with van der Waals surface area (Å²) in [5.74, 6) is -0.0456. The fraction of sp³-hybridized carbons (Fsp3) is 0.464. The number of anilines is 2. The van der Waals surface area contributed by atoms with E-state index in [2.05, 4.69) is 35.0 Å². The molecule has 0 aromatic carbocycles. The number of carbonyl (C=O) groups is 2. The first-order valence-corrected chi connectivity index (χ1v) is 15.7. The van der Waals surface area contributed by atoms with Crippen molar-refractivity contribution in [2.24, 2.45) is 0 Å². The summed E-state index contributed by atoms with van der Waals surface area (Å²) in [5, 5.41) is 2.46. The van der Waals surface area contributed by atoms with Gasteiger partial charge in [-0.1, -0.05) is 0 Å². The molecule has 1 aliphatic carbocycles. The standard InChI is InChI=1S/C28H34N8O6S/c1-3-41-24-17-29-16-21(32-24)19-5-8-23(31-15-19)34-26(38)28(10-13-36(14-11-28)18-25(37)42-4-2)22-9-12-30-27(33-22)35-43(39,40)20-6-7-20/h5,8-9,12,15-17,20H,3-4,6-7,10-11,13-14,18H2,1-2H3,(H,30,33,35)(H,31,34,38). The van der Waals surface area contributed by atoms with E-state index in [1.165, 1.54) is 12.4 Å². The number of nitrogens with one attached hydrogen (secondary N) is 2. The number of hydrogen-bond donors (Lipinski definition) is 2. The molecule has 2 aliphatic rings. The molecule has 1 saturated heterocycles. The van der Waals surface area contributed by atoms with Crippen molar-refractivity contribution in [3.05, 3.63) is 48.7 Å². The number of esters is 1. The third-order valence-corrected chi connectivity index (χ3v) is 9.17. The van der Waals surface area contributed by atoms with Gasteiger partial charge in [0.2, 0.25) is 27.8 Å². The van der Waals surface area contributed by atoms with Gasteiger partial charge in [0.25, 0.3) is 0 Å². The van der Waals surface area contributed by atoms with Gasteiger partial charge in [-0.05, 0) is 57.7 Å². The Balaban J connectivity index is 1.37. The Morgan fingerprint density at radius 2 is 1.81 bits per heavy atom. The van der Waals surface area contributed by atoms with Crippen LogP contribution in [0.15, 0.2) is 43.0 Å². The summed E-state index contributed by atoms with van der Waals surface area (Å²) in [5.41, 5.74) is 0.510. The highest BCUT2D eigenvalue weighted by Crippen LogP contribution is 2.37. The van der Waals surface area contributed by atoms with Gasteiger partial charge in [0, 0.05) is 31.0 Å². The van der Waals surface area contributed by atoms with E-state index in [9.17, 15) is 18.0 Å². The molecule has 1 saturated carbocycles. The Kier molecular flexibility index (Phi) is 9.11.